The molecule has 1 heterocycles. The molecule has 0 aliphatic carbocycles. The molecule has 2 aromatic carbocycles. The van der Waals surface area contributed by atoms with Crippen molar-refractivity contribution < 1.29 is 9.72 Å². The number of carbonyl (C=O) groups excluding carboxylic acids is 1. The molecular weight excluding hydrogens is 342 g/mol. The molecule has 6 nitrogen and oxygen atoms in total. The van der Waals surface area contributed by atoms with Gasteiger partial charge in [-0.2, -0.15) is 4.99 Å². The molecule has 0 atom stereocenters. The molecule has 0 spiro atoms. The van der Waals surface area contributed by atoms with Gasteiger partial charge in [0.25, 0.3) is 11.6 Å². The minimum Gasteiger partial charge on any atom is -0.328 e. The normalized spacial score (nSPS) is 11.4. The minimum atomic E-state index is -0.483. The maximum atomic E-state index is 12.4. The minimum absolute atomic E-state index is 0.0679. The number of aryl methyl sites for hydroxylation is 1. The van der Waals surface area contributed by atoms with Crippen LogP contribution in [0.2, 0.25) is 0 Å². The molecule has 0 bridgehead atoms. The van der Waals surface area contributed by atoms with E-state index in [4.69, 9.17) is 0 Å². The van der Waals surface area contributed by atoms with Gasteiger partial charge in [0, 0.05) is 24.4 Å². The number of benzene rings is 2. The lowest BCUT2D eigenvalue weighted by Crippen LogP contribution is -2.22. The van der Waals surface area contributed by atoms with Crippen molar-refractivity contribution >= 4 is 11.6 Å². The van der Waals surface area contributed by atoms with Crippen molar-refractivity contribution in [1.82, 2.24) is 4.57 Å². The highest BCUT2D eigenvalue weighted by atomic mass is 16.6. The van der Waals surface area contributed by atoms with E-state index in [1.165, 1.54) is 11.6 Å². The molecule has 136 valence electrons. The zero-order chi connectivity index (χ0) is 19.2. The highest BCUT2D eigenvalue weighted by Crippen LogP contribution is 2.18. The first kappa shape index (κ1) is 18.3. The molecule has 27 heavy (non-hydrogen) atoms. The van der Waals surface area contributed by atoms with E-state index in [2.05, 4.69) is 4.99 Å². The van der Waals surface area contributed by atoms with Crippen LogP contribution in [0.15, 0.2) is 77.9 Å². The van der Waals surface area contributed by atoms with E-state index in [0.29, 0.717) is 17.6 Å². The Bertz CT molecular complexity index is 1040. The largest absolute Gasteiger partial charge is 0.328 e. The summed E-state index contributed by atoms with van der Waals surface area (Å²) in [5.74, 6) is -0.423. The number of pyridine rings is 1. The van der Waals surface area contributed by atoms with Crippen molar-refractivity contribution in [3.8, 4) is 0 Å². The van der Waals surface area contributed by atoms with E-state index in [9.17, 15) is 14.9 Å². The van der Waals surface area contributed by atoms with Gasteiger partial charge in [0.15, 0.2) is 0 Å². The lowest BCUT2D eigenvalue weighted by molar-refractivity contribution is -0.385. The number of nitro groups is 1. The van der Waals surface area contributed by atoms with Gasteiger partial charge in [-0.05, 0) is 24.6 Å². The summed E-state index contributed by atoms with van der Waals surface area (Å²) in [4.78, 5) is 27.2. The summed E-state index contributed by atoms with van der Waals surface area (Å²) in [5, 5.41) is 11.1. The standard InChI is InChI=1S/C21H19N3O3/c1-16-9-11-17(12-10-16)15-23-13-5-4-8-20(23)22-21(25)14-18-6-2-3-7-19(18)24(26)27/h2-13H,14-15H2,1H3. The van der Waals surface area contributed by atoms with Crippen LogP contribution >= 0.6 is 0 Å². The van der Waals surface area contributed by atoms with Crippen LogP contribution < -0.4 is 5.49 Å². The molecule has 0 aliphatic heterocycles. The molecule has 0 aliphatic rings. The Morgan fingerprint density at radius 3 is 2.48 bits per heavy atom. The summed E-state index contributed by atoms with van der Waals surface area (Å²) in [7, 11) is 0. The summed E-state index contributed by atoms with van der Waals surface area (Å²) in [6, 6.07) is 19.8. The predicted octanol–water partition coefficient (Wildman–Crippen LogP) is 3.42. The number of carbonyl (C=O) groups is 1. The molecule has 0 N–H and O–H groups in total. The fraction of sp³-hybridized carbons (Fsp3) is 0.143. The average molecular weight is 361 g/mol. The van der Waals surface area contributed by atoms with E-state index in [1.54, 1.807) is 24.3 Å². The first-order valence-electron chi connectivity index (χ1n) is 8.54. The van der Waals surface area contributed by atoms with Gasteiger partial charge in [-0.15, -0.1) is 0 Å². The third kappa shape index (κ3) is 4.76. The van der Waals surface area contributed by atoms with Gasteiger partial charge in [0.05, 0.1) is 11.3 Å². The van der Waals surface area contributed by atoms with Crippen LogP contribution in [0, 0.1) is 17.0 Å². The summed E-state index contributed by atoms with van der Waals surface area (Å²) in [6.45, 7) is 2.61. The molecule has 1 aromatic heterocycles. The van der Waals surface area contributed by atoms with Gasteiger partial charge in [0.1, 0.15) is 5.49 Å². The van der Waals surface area contributed by atoms with Gasteiger partial charge in [0.2, 0.25) is 0 Å². The first-order chi connectivity index (χ1) is 13.0. The molecule has 1 amide bonds. The zero-order valence-electron chi connectivity index (χ0n) is 14.9. The van der Waals surface area contributed by atoms with Crippen molar-refractivity contribution in [2.24, 2.45) is 4.99 Å². The van der Waals surface area contributed by atoms with Crippen LogP contribution in [0.5, 0.6) is 0 Å². The highest BCUT2D eigenvalue weighted by Gasteiger charge is 2.15. The van der Waals surface area contributed by atoms with Crippen molar-refractivity contribution in [2.75, 3.05) is 0 Å². The first-order valence-corrected chi connectivity index (χ1v) is 8.54. The molecule has 6 heteroatoms. The number of para-hydroxylation sites is 1. The monoisotopic (exact) mass is 361 g/mol. The van der Waals surface area contributed by atoms with Gasteiger partial charge in [-0.1, -0.05) is 54.1 Å². The van der Waals surface area contributed by atoms with Crippen LogP contribution in [0.25, 0.3) is 0 Å². The van der Waals surface area contributed by atoms with Crippen molar-refractivity contribution in [2.45, 2.75) is 19.9 Å². The molecule has 0 fully saturated rings. The average Bonchev–Trinajstić information content (AvgIpc) is 2.65. The Balaban J connectivity index is 1.86. The third-order valence-corrected chi connectivity index (χ3v) is 4.16. The summed E-state index contributed by atoms with van der Waals surface area (Å²) in [6.07, 6.45) is 1.74. The number of hydrogen-bond acceptors (Lipinski definition) is 3. The Morgan fingerprint density at radius 2 is 1.74 bits per heavy atom. The van der Waals surface area contributed by atoms with E-state index in [0.717, 1.165) is 5.56 Å². The smallest absolute Gasteiger partial charge is 0.273 e. The fourth-order valence-electron chi connectivity index (χ4n) is 2.76. The number of aromatic nitrogens is 1. The summed E-state index contributed by atoms with van der Waals surface area (Å²) < 4.78 is 1.88. The van der Waals surface area contributed by atoms with E-state index in [1.807, 2.05) is 54.1 Å². The Kier molecular flexibility index (Phi) is 5.56. The predicted molar refractivity (Wildman–Crippen MR) is 102 cm³/mol. The second kappa shape index (κ2) is 8.23. The van der Waals surface area contributed by atoms with Crippen molar-refractivity contribution in [1.29, 1.82) is 0 Å². The highest BCUT2D eigenvalue weighted by molar-refractivity contribution is 5.80. The molecule has 0 unspecified atom stereocenters. The number of nitro benzene ring substituents is 1. The van der Waals surface area contributed by atoms with Gasteiger partial charge >= 0.3 is 0 Å². The Labute approximate surface area is 156 Å². The molecule has 0 radical (unpaired) electrons. The third-order valence-electron chi connectivity index (χ3n) is 4.16. The fourth-order valence-corrected chi connectivity index (χ4v) is 2.76. The quantitative estimate of drug-likeness (QED) is 0.516. The number of nitrogens with zero attached hydrogens (tertiary/aromatic N) is 3. The van der Waals surface area contributed by atoms with Crippen LogP contribution in [-0.4, -0.2) is 15.4 Å². The summed E-state index contributed by atoms with van der Waals surface area (Å²) in [5.41, 5.74) is 3.08. The molecule has 3 rings (SSSR count). The van der Waals surface area contributed by atoms with Crippen LogP contribution in [0.3, 0.4) is 0 Å². The number of hydrogen-bond donors (Lipinski definition) is 0. The van der Waals surface area contributed by atoms with E-state index >= 15 is 0 Å². The lowest BCUT2D eigenvalue weighted by atomic mass is 10.1. The maximum absolute atomic E-state index is 12.4. The number of amides is 1. The lowest BCUT2D eigenvalue weighted by Gasteiger charge is -2.08. The van der Waals surface area contributed by atoms with Gasteiger partial charge in [-0.3, -0.25) is 14.9 Å². The Hall–Kier alpha value is -3.54. The van der Waals surface area contributed by atoms with Gasteiger partial charge in [-0.25, -0.2) is 0 Å². The molecule has 3 aromatic rings. The van der Waals surface area contributed by atoms with Crippen LogP contribution in [0.4, 0.5) is 5.69 Å². The SMILES string of the molecule is Cc1ccc(Cn2ccccc2=NC(=O)Cc2ccccc2[N+](=O)[O-])cc1. The van der Waals surface area contributed by atoms with E-state index in [-0.39, 0.29) is 12.1 Å². The van der Waals surface area contributed by atoms with Crippen LogP contribution in [-0.2, 0) is 17.8 Å². The summed E-state index contributed by atoms with van der Waals surface area (Å²) >= 11 is 0. The zero-order valence-corrected chi connectivity index (χ0v) is 14.9. The molecule has 0 saturated heterocycles. The van der Waals surface area contributed by atoms with Crippen molar-refractivity contribution in [3.05, 3.63) is 105 Å². The van der Waals surface area contributed by atoms with Crippen molar-refractivity contribution in [3.63, 3.8) is 0 Å². The number of rotatable bonds is 5. The Morgan fingerprint density at radius 1 is 1.04 bits per heavy atom. The topological polar surface area (TPSA) is 77.5 Å². The second-order valence-electron chi connectivity index (χ2n) is 6.24. The molecular formula is C21H19N3O3. The van der Waals surface area contributed by atoms with Crippen LogP contribution in [0.1, 0.15) is 16.7 Å². The molecule has 0 saturated carbocycles. The maximum Gasteiger partial charge on any atom is 0.273 e. The second-order valence-corrected chi connectivity index (χ2v) is 6.24. The van der Waals surface area contributed by atoms with E-state index < -0.39 is 10.8 Å². The van der Waals surface area contributed by atoms with Gasteiger partial charge < -0.3 is 4.57 Å².